The summed E-state index contributed by atoms with van der Waals surface area (Å²) < 4.78 is 37.3. The zero-order valence-electron chi connectivity index (χ0n) is 29.0. The van der Waals surface area contributed by atoms with E-state index in [4.69, 9.17) is 34.2 Å². The van der Waals surface area contributed by atoms with E-state index in [9.17, 15) is 14.7 Å². The number of Topliss-reactive ketones (excluding diaryl/α,β-unsaturated/α-hetero) is 1. The van der Waals surface area contributed by atoms with E-state index in [0.717, 1.165) is 0 Å². The second-order valence-corrected chi connectivity index (χ2v) is 12.1. The highest BCUT2D eigenvalue weighted by Gasteiger charge is 2.54. The van der Waals surface area contributed by atoms with Crippen molar-refractivity contribution in [1.29, 1.82) is 0 Å². The molecule has 0 amide bonds. The molecule has 1 aliphatic rings. The van der Waals surface area contributed by atoms with Crippen molar-refractivity contribution < 1.29 is 38.3 Å². The molecule has 4 aromatic carbocycles. The third-order valence-corrected chi connectivity index (χ3v) is 9.07. The molecule has 1 aromatic heterocycles. The Morgan fingerprint density at radius 3 is 1.92 bits per heavy atom. The molecule has 0 bridgehead atoms. The number of carbonyl (C=O) groups is 1. The second kappa shape index (κ2) is 16.3. The number of aromatic nitrogens is 2. The number of methoxy groups -OCH3 is 3. The van der Waals surface area contributed by atoms with Crippen molar-refractivity contribution in [3.63, 3.8) is 0 Å². The highest BCUT2D eigenvalue weighted by molar-refractivity contribution is 6.00. The van der Waals surface area contributed by atoms with E-state index in [2.05, 4.69) is 4.98 Å². The molecule has 0 aliphatic carbocycles. The Kier molecular flexibility index (Phi) is 11.4. The molecule has 0 spiro atoms. The van der Waals surface area contributed by atoms with E-state index < -0.39 is 47.7 Å². The number of hydrogen-bond acceptors (Lipinski definition) is 11. The first-order valence-electron chi connectivity index (χ1n) is 16.7. The first kappa shape index (κ1) is 36.4. The Labute approximate surface area is 301 Å². The topological polar surface area (TPSA) is 154 Å². The first-order valence-corrected chi connectivity index (χ1v) is 16.7. The fraction of sp³-hybridized carbons (Fsp3) is 0.275. The van der Waals surface area contributed by atoms with Gasteiger partial charge < -0.3 is 39.3 Å². The molecule has 0 saturated carbocycles. The molecule has 52 heavy (non-hydrogen) atoms. The van der Waals surface area contributed by atoms with E-state index in [1.165, 1.54) is 23.9 Å². The van der Waals surface area contributed by atoms with Crippen LogP contribution in [0.2, 0.25) is 0 Å². The molecule has 3 N–H and O–H groups in total. The van der Waals surface area contributed by atoms with Crippen molar-refractivity contribution in [2.24, 2.45) is 0 Å². The minimum absolute atomic E-state index is 0.0142. The first-order chi connectivity index (χ1) is 25.3. The summed E-state index contributed by atoms with van der Waals surface area (Å²) in [6.45, 7) is 0.260. The van der Waals surface area contributed by atoms with Gasteiger partial charge in [-0.3, -0.25) is 9.36 Å². The van der Waals surface area contributed by atoms with Crippen molar-refractivity contribution >= 4 is 11.6 Å². The number of aliphatic hydroxyl groups excluding tert-OH is 1. The number of nitrogen functional groups attached to an aromatic ring is 1. The normalized spacial score (nSPS) is 19.2. The molecule has 12 nitrogen and oxygen atoms in total. The zero-order valence-corrected chi connectivity index (χ0v) is 29.0. The smallest absolute Gasteiger partial charge is 0.351 e. The summed E-state index contributed by atoms with van der Waals surface area (Å²) in [6.07, 6.45) is -5.22. The predicted molar refractivity (Wildman–Crippen MR) is 192 cm³/mol. The van der Waals surface area contributed by atoms with Crippen LogP contribution in [0.5, 0.6) is 11.5 Å². The lowest BCUT2D eigenvalue weighted by Gasteiger charge is -2.40. The lowest BCUT2D eigenvalue weighted by atomic mass is 9.79. The highest BCUT2D eigenvalue weighted by atomic mass is 16.6. The fourth-order valence-corrected chi connectivity index (χ4v) is 6.47. The van der Waals surface area contributed by atoms with Gasteiger partial charge in [-0.2, -0.15) is 4.98 Å². The van der Waals surface area contributed by atoms with E-state index in [0.29, 0.717) is 33.8 Å². The SMILES string of the molecule is COCCO[C@@H]1[C@H](O)[C@@H](C(OC(c2ccccc2)(c2ccc(OC)cc2)c2ccc(OC)cc2)C(=O)c2ccccc2)O[C@H]1n1ccc(N)nc1=O. The van der Waals surface area contributed by atoms with Crippen LogP contribution in [0.4, 0.5) is 5.82 Å². The minimum Gasteiger partial charge on any atom is -0.497 e. The van der Waals surface area contributed by atoms with Gasteiger partial charge in [0, 0.05) is 18.9 Å². The molecule has 0 radical (unpaired) electrons. The average molecular weight is 708 g/mol. The third-order valence-electron chi connectivity index (χ3n) is 9.07. The van der Waals surface area contributed by atoms with Gasteiger partial charge in [-0.05, 0) is 47.0 Å². The van der Waals surface area contributed by atoms with Gasteiger partial charge in [0.25, 0.3) is 0 Å². The number of nitrogens with two attached hydrogens (primary N) is 1. The molecule has 12 heteroatoms. The second-order valence-electron chi connectivity index (χ2n) is 12.1. The van der Waals surface area contributed by atoms with Gasteiger partial charge in [0.15, 0.2) is 18.1 Å². The van der Waals surface area contributed by atoms with Crippen molar-refractivity contribution in [3.05, 3.63) is 154 Å². The van der Waals surface area contributed by atoms with E-state index in [1.54, 1.807) is 44.6 Å². The zero-order chi connectivity index (χ0) is 36.7. The van der Waals surface area contributed by atoms with Crippen molar-refractivity contribution in [1.82, 2.24) is 9.55 Å². The van der Waals surface area contributed by atoms with Crippen molar-refractivity contribution in [2.75, 3.05) is 40.3 Å². The van der Waals surface area contributed by atoms with Gasteiger partial charge in [-0.25, -0.2) is 4.79 Å². The van der Waals surface area contributed by atoms with Gasteiger partial charge in [0.2, 0.25) is 0 Å². The summed E-state index contributed by atoms with van der Waals surface area (Å²) in [5.74, 6) is 0.785. The molecule has 270 valence electrons. The maximum atomic E-state index is 14.9. The van der Waals surface area contributed by atoms with Crippen LogP contribution in [-0.2, 0) is 24.5 Å². The van der Waals surface area contributed by atoms with Crippen LogP contribution in [0.25, 0.3) is 0 Å². The number of anilines is 1. The monoisotopic (exact) mass is 707 g/mol. The van der Waals surface area contributed by atoms with Crippen LogP contribution < -0.4 is 20.9 Å². The van der Waals surface area contributed by atoms with Gasteiger partial charge in [0.05, 0.1) is 27.4 Å². The molecule has 5 aromatic rings. The Morgan fingerprint density at radius 1 is 0.827 bits per heavy atom. The minimum atomic E-state index is -1.47. The van der Waals surface area contributed by atoms with E-state index in [-0.39, 0.29) is 19.0 Å². The molecule has 1 saturated heterocycles. The lowest BCUT2D eigenvalue weighted by Crippen LogP contribution is -2.50. The Balaban J connectivity index is 1.56. The largest absolute Gasteiger partial charge is 0.497 e. The van der Waals surface area contributed by atoms with Crippen molar-refractivity contribution in [2.45, 2.75) is 36.2 Å². The molecule has 1 fully saturated rings. The summed E-state index contributed by atoms with van der Waals surface area (Å²) in [6, 6.07) is 34.2. The summed E-state index contributed by atoms with van der Waals surface area (Å²) in [7, 11) is 4.68. The van der Waals surface area contributed by atoms with Crippen LogP contribution in [-0.4, -0.2) is 79.4 Å². The highest BCUT2D eigenvalue weighted by Crippen LogP contribution is 2.45. The standard InChI is InChI=1S/C40H41N3O9/c1-47-24-25-50-37-34(45)35(51-38(37)43-23-22-32(41)42-39(43)46)36(33(44)26-10-6-4-7-11-26)52-40(27-12-8-5-9-13-27,28-14-18-30(48-2)19-15-28)29-16-20-31(49-3)21-17-29/h4-23,34-38,45H,24-25H2,1-3H3,(H2,41,42,46)/t34-,35+,36?,37-,38-/m1/s1. The average Bonchev–Trinajstić information content (AvgIpc) is 3.50. The van der Waals surface area contributed by atoms with Crippen LogP contribution in [0.3, 0.4) is 0 Å². The molecule has 1 aliphatic heterocycles. The molecule has 1 unspecified atom stereocenters. The van der Waals surface area contributed by atoms with Gasteiger partial charge >= 0.3 is 5.69 Å². The van der Waals surface area contributed by atoms with Crippen LogP contribution in [0.1, 0.15) is 33.3 Å². The lowest BCUT2D eigenvalue weighted by molar-refractivity contribution is -0.128. The number of rotatable bonds is 15. The fourth-order valence-electron chi connectivity index (χ4n) is 6.47. The molecule has 6 rings (SSSR count). The van der Waals surface area contributed by atoms with Crippen LogP contribution in [0, 0.1) is 0 Å². The maximum absolute atomic E-state index is 14.9. The number of aliphatic hydroxyl groups is 1. The number of ether oxygens (including phenoxy) is 6. The van der Waals surface area contributed by atoms with Gasteiger partial charge in [0.1, 0.15) is 41.2 Å². The van der Waals surface area contributed by atoms with Crippen LogP contribution >= 0.6 is 0 Å². The summed E-state index contributed by atoms with van der Waals surface area (Å²) in [5, 5.41) is 12.1. The number of ketones is 1. The Morgan fingerprint density at radius 2 is 1.38 bits per heavy atom. The number of hydrogen-bond donors (Lipinski definition) is 2. The molecule has 5 atom stereocenters. The third kappa shape index (κ3) is 7.33. The summed E-state index contributed by atoms with van der Waals surface area (Å²) in [4.78, 5) is 31.9. The number of carbonyl (C=O) groups excluding carboxylic acids is 1. The molecular formula is C40H41N3O9. The predicted octanol–water partition coefficient (Wildman–Crippen LogP) is 4.39. The van der Waals surface area contributed by atoms with Gasteiger partial charge in [-0.15, -0.1) is 0 Å². The number of nitrogens with zero attached hydrogens (tertiary/aromatic N) is 2. The summed E-state index contributed by atoms with van der Waals surface area (Å²) >= 11 is 0. The Bertz CT molecular complexity index is 1930. The quantitative estimate of drug-likeness (QED) is 0.0905. The molecule has 2 heterocycles. The maximum Gasteiger partial charge on any atom is 0.351 e. The van der Waals surface area contributed by atoms with Gasteiger partial charge in [-0.1, -0.05) is 84.9 Å². The van der Waals surface area contributed by atoms with Crippen molar-refractivity contribution in [3.8, 4) is 11.5 Å². The van der Waals surface area contributed by atoms with Crippen LogP contribution in [0.15, 0.2) is 126 Å². The summed E-state index contributed by atoms with van der Waals surface area (Å²) in [5.41, 5.74) is 5.93. The van der Waals surface area contributed by atoms with E-state index >= 15 is 0 Å². The number of benzene rings is 4. The molecular weight excluding hydrogens is 666 g/mol. The Hall–Kier alpha value is -5.37. The van der Waals surface area contributed by atoms with E-state index in [1.807, 2.05) is 78.9 Å².